The molecule has 0 aliphatic heterocycles. The first-order valence-corrected chi connectivity index (χ1v) is 14.9. The van der Waals surface area contributed by atoms with Crippen molar-refractivity contribution in [3.05, 3.63) is 120 Å². The van der Waals surface area contributed by atoms with Gasteiger partial charge >= 0.3 is 0 Å². The molecule has 6 rings (SSSR count). The van der Waals surface area contributed by atoms with Gasteiger partial charge in [0, 0.05) is 41.3 Å². The third kappa shape index (κ3) is 4.01. The maximum absolute atomic E-state index is 15.7. The Morgan fingerprint density at radius 3 is 1.92 bits per heavy atom. The molecule has 2 nitrogen and oxygen atoms in total. The van der Waals surface area contributed by atoms with E-state index in [4.69, 9.17) is 0 Å². The molecular formula is C34H32NOP. The molecule has 5 aromatic rings. The van der Waals surface area contributed by atoms with E-state index in [9.17, 15) is 0 Å². The van der Waals surface area contributed by atoms with E-state index < -0.39 is 7.14 Å². The van der Waals surface area contributed by atoms with E-state index in [2.05, 4.69) is 67.5 Å². The first kappa shape index (κ1) is 23.8. The van der Waals surface area contributed by atoms with Crippen molar-refractivity contribution in [3.63, 3.8) is 0 Å². The average Bonchev–Trinajstić information content (AvgIpc) is 2.96. The third-order valence-corrected chi connectivity index (χ3v) is 10.8. The number of hydrogen-bond acceptors (Lipinski definition) is 2. The van der Waals surface area contributed by atoms with E-state index in [1.165, 1.54) is 39.4 Å². The van der Waals surface area contributed by atoms with Gasteiger partial charge in [-0.2, -0.15) is 0 Å². The second kappa shape index (κ2) is 9.69. The maximum atomic E-state index is 15.7. The molecule has 0 radical (unpaired) electrons. The van der Waals surface area contributed by atoms with Crippen LogP contribution in [0.2, 0.25) is 0 Å². The van der Waals surface area contributed by atoms with Crippen LogP contribution in [0.15, 0.2) is 109 Å². The van der Waals surface area contributed by atoms with E-state index >= 15 is 4.57 Å². The molecule has 0 heterocycles. The van der Waals surface area contributed by atoms with Crippen molar-refractivity contribution in [1.82, 2.24) is 0 Å². The van der Waals surface area contributed by atoms with E-state index in [1.807, 2.05) is 60.7 Å². The number of fused-ring (bicyclic) bond motifs is 2. The van der Waals surface area contributed by atoms with Gasteiger partial charge in [0.05, 0.1) is 0 Å². The lowest BCUT2D eigenvalue weighted by Gasteiger charge is -2.30. The van der Waals surface area contributed by atoms with Gasteiger partial charge < -0.3 is 9.46 Å². The van der Waals surface area contributed by atoms with Gasteiger partial charge in [-0.1, -0.05) is 97.1 Å². The molecule has 0 bridgehead atoms. The van der Waals surface area contributed by atoms with Gasteiger partial charge in [0.1, 0.15) is 0 Å². The highest BCUT2D eigenvalue weighted by atomic mass is 31.2. The Kier molecular flexibility index (Phi) is 6.22. The highest BCUT2D eigenvalue weighted by Crippen LogP contribution is 2.49. The van der Waals surface area contributed by atoms with Crippen molar-refractivity contribution < 1.29 is 4.57 Å². The highest BCUT2D eigenvalue weighted by molar-refractivity contribution is 7.85. The maximum Gasteiger partial charge on any atom is 0.171 e. The molecule has 0 atom stereocenters. The Morgan fingerprint density at radius 1 is 0.622 bits per heavy atom. The Labute approximate surface area is 220 Å². The average molecular weight is 502 g/mol. The van der Waals surface area contributed by atoms with Crippen LogP contribution in [0.4, 0.5) is 5.69 Å². The molecule has 0 saturated carbocycles. The molecule has 37 heavy (non-hydrogen) atoms. The van der Waals surface area contributed by atoms with Gasteiger partial charge in [-0.25, -0.2) is 0 Å². The van der Waals surface area contributed by atoms with Crippen molar-refractivity contribution in [1.29, 1.82) is 0 Å². The fraction of sp³-hybridized carbons (Fsp3) is 0.176. The summed E-state index contributed by atoms with van der Waals surface area (Å²) in [5.41, 5.74) is 6.30. The third-order valence-electron chi connectivity index (χ3n) is 7.73. The monoisotopic (exact) mass is 501 g/mol. The summed E-state index contributed by atoms with van der Waals surface area (Å²) in [5, 5.41) is 5.12. The number of anilines is 1. The van der Waals surface area contributed by atoms with Gasteiger partial charge in [0.15, 0.2) is 7.14 Å². The minimum atomic E-state index is -3.17. The van der Waals surface area contributed by atoms with Gasteiger partial charge in [-0.15, -0.1) is 0 Å². The zero-order valence-corrected chi connectivity index (χ0v) is 22.4. The molecule has 1 aliphatic carbocycles. The summed E-state index contributed by atoms with van der Waals surface area (Å²) in [7, 11) is 1.04. The molecule has 0 spiro atoms. The van der Waals surface area contributed by atoms with E-state index in [-0.39, 0.29) is 0 Å². The molecular weight excluding hydrogens is 469 g/mol. The number of nitrogens with zero attached hydrogens (tertiary/aromatic N) is 1. The summed E-state index contributed by atoms with van der Waals surface area (Å²) in [4.78, 5) is 2.20. The van der Waals surface area contributed by atoms with Crippen LogP contribution < -0.4 is 20.8 Å². The molecule has 5 aromatic carbocycles. The van der Waals surface area contributed by atoms with E-state index in [1.54, 1.807) is 0 Å². The Morgan fingerprint density at radius 2 is 1.24 bits per heavy atom. The van der Waals surface area contributed by atoms with Crippen LogP contribution in [0.3, 0.4) is 0 Å². The molecule has 0 N–H and O–H groups in total. The highest BCUT2D eigenvalue weighted by Gasteiger charge is 2.35. The minimum Gasteiger partial charge on any atom is -0.377 e. The van der Waals surface area contributed by atoms with Crippen LogP contribution in [0.1, 0.15) is 24.0 Å². The fourth-order valence-electron chi connectivity index (χ4n) is 5.96. The number of aryl methyl sites for hydroxylation is 1. The van der Waals surface area contributed by atoms with Gasteiger partial charge in [0.25, 0.3) is 0 Å². The summed E-state index contributed by atoms with van der Waals surface area (Å²) < 4.78 is 15.7. The second-order valence-corrected chi connectivity index (χ2v) is 12.9. The molecule has 0 saturated heterocycles. The SMILES string of the molecule is CN(C)c1ccc2ccccc2c1-c1c(P(=O)(c2ccccc2)c2ccccc2)ccc2c1CCCC2. The summed E-state index contributed by atoms with van der Waals surface area (Å²) in [5.74, 6) is 0. The van der Waals surface area contributed by atoms with Crippen LogP contribution in [-0.2, 0) is 17.4 Å². The van der Waals surface area contributed by atoms with Crippen molar-refractivity contribution in [2.75, 3.05) is 19.0 Å². The molecule has 0 fully saturated rings. The normalized spacial score (nSPS) is 13.4. The fourth-order valence-corrected chi connectivity index (χ4v) is 8.84. The summed E-state index contributed by atoms with van der Waals surface area (Å²) in [6, 6.07) is 37.7. The lowest BCUT2D eigenvalue weighted by Crippen LogP contribution is -2.28. The molecule has 184 valence electrons. The first-order chi connectivity index (χ1) is 18.1. The largest absolute Gasteiger partial charge is 0.377 e. The second-order valence-electron chi connectivity index (χ2n) is 10.2. The molecule has 0 amide bonds. The zero-order valence-electron chi connectivity index (χ0n) is 21.5. The van der Waals surface area contributed by atoms with Gasteiger partial charge in [0.2, 0.25) is 0 Å². The van der Waals surface area contributed by atoms with Crippen molar-refractivity contribution in [3.8, 4) is 11.1 Å². The lowest BCUT2D eigenvalue weighted by molar-refractivity contribution is 0.592. The van der Waals surface area contributed by atoms with Crippen LogP contribution in [0.25, 0.3) is 21.9 Å². The van der Waals surface area contributed by atoms with E-state index in [0.29, 0.717) is 0 Å². The quantitative estimate of drug-likeness (QED) is 0.240. The van der Waals surface area contributed by atoms with Crippen molar-refractivity contribution in [2.45, 2.75) is 25.7 Å². The van der Waals surface area contributed by atoms with Crippen molar-refractivity contribution in [2.24, 2.45) is 0 Å². The number of hydrogen-bond donors (Lipinski definition) is 0. The van der Waals surface area contributed by atoms with Gasteiger partial charge in [-0.3, -0.25) is 0 Å². The molecule has 1 aliphatic rings. The first-order valence-electron chi connectivity index (χ1n) is 13.1. The standard InChI is InChI=1S/C34H32NOP/c1-35(2)31-23-21-25-13-9-11-19-29(25)33(31)34-30-20-12-10-14-26(30)22-24-32(34)37(36,27-15-5-3-6-16-27)28-17-7-4-8-18-28/h3-9,11,13,15-19,21-24H,10,12,14,20H2,1-2H3. The predicted molar refractivity (Wildman–Crippen MR) is 160 cm³/mol. The summed E-state index contributed by atoms with van der Waals surface area (Å²) in [6.07, 6.45) is 4.45. The minimum absolute atomic E-state index is 0.879. The molecule has 3 heteroatoms. The molecule has 0 unspecified atom stereocenters. The topological polar surface area (TPSA) is 20.3 Å². The van der Waals surface area contributed by atoms with Crippen LogP contribution in [-0.4, -0.2) is 14.1 Å². The summed E-state index contributed by atoms with van der Waals surface area (Å²) in [6.45, 7) is 0. The van der Waals surface area contributed by atoms with Crippen LogP contribution >= 0.6 is 7.14 Å². The summed E-state index contributed by atoms with van der Waals surface area (Å²) >= 11 is 0. The van der Waals surface area contributed by atoms with Crippen LogP contribution in [0, 0.1) is 0 Å². The van der Waals surface area contributed by atoms with Gasteiger partial charge in [-0.05, 0) is 65.3 Å². The Hall–Kier alpha value is -3.61. The Bertz CT molecular complexity index is 1580. The van der Waals surface area contributed by atoms with E-state index in [0.717, 1.165) is 40.9 Å². The predicted octanol–water partition coefficient (Wildman–Crippen LogP) is 7.09. The van der Waals surface area contributed by atoms with Crippen LogP contribution in [0.5, 0.6) is 0 Å². The lowest BCUT2D eigenvalue weighted by atomic mass is 9.84. The smallest absolute Gasteiger partial charge is 0.171 e. The number of benzene rings is 5. The molecule has 0 aromatic heterocycles. The number of rotatable bonds is 5. The zero-order chi connectivity index (χ0) is 25.4. The Balaban J connectivity index is 1.79. The van der Waals surface area contributed by atoms with Crippen molar-refractivity contribution >= 4 is 39.5 Å².